The van der Waals surface area contributed by atoms with Crippen molar-refractivity contribution in [2.75, 3.05) is 5.32 Å². The molecule has 0 aliphatic rings. The number of phenolic OH excluding ortho intramolecular Hbond substituents is 1. The second-order valence-electron chi connectivity index (χ2n) is 3.36. The fourth-order valence-electron chi connectivity index (χ4n) is 1.30. The number of carbonyl (C=O) groups is 1. The normalized spacial score (nSPS) is 10.6. The van der Waals surface area contributed by atoms with E-state index in [1.807, 2.05) is 17.5 Å². The van der Waals surface area contributed by atoms with Gasteiger partial charge in [0.25, 0.3) is 0 Å². The van der Waals surface area contributed by atoms with Crippen molar-refractivity contribution in [3.8, 4) is 5.75 Å². The summed E-state index contributed by atoms with van der Waals surface area (Å²) < 4.78 is 0. The standard InChI is InChI=1S/C13H11NO2S/c15-12-6-2-1-5-11(12)14-13(16)8-7-10-4-3-9-17-10/h1-9,15H,(H,14,16). The second kappa shape index (κ2) is 5.32. The molecule has 0 spiro atoms. The first-order valence-electron chi connectivity index (χ1n) is 5.06. The van der Waals surface area contributed by atoms with Gasteiger partial charge in [0.15, 0.2) is 0 Å². The van der Waals surface area contributed by atoms with Crippen LogP contribution in [0, 0.1) is 0 Å². The summed E-state index contributed by atoms with van der Waals surface area (Å²) in [6, 6.07) is 10.5. The van der Waals surface area contributed by atoms with Crippen LogP contribution in [0.15, 0.2) is 47.9 Å². The highest BCUT2D eigenvalue weighted by Gasteiger charge is 2.01. The highest BCUT2D eigenvalue weighted by molar-refractivity contribution is 7.10. The Morgan fingerprint density at radius 2 is 2.06 bits per heavy atom. The van der Waals surface area contributed by atoms with Gasteiger partial charge in [-0.3, -0.25) is 4.79 Å². The van der Waals surface area contributed by atoms with Gasteiger partial charge >= 0.3 is 0 Å². The highest BCUT2D eigenvalue weighted by atomic mass is 32.1. The summed E-state index contributed by atoms with van der Waals surface area (Å²) >= 11 is 1.56. The summed E-state index contributed by atoms with van der Waals surface area (Å²) in [5, 5.41) is 14.0. The van der Waals surface area contributed by atoms with Crippen molar-refractivity contribution < 1.29 is 9.90 Å². The van der Waals surface area contributed by atoms with Gasteiger partial charge in [0.2, 0.25) is 5.91 Å². The molecule has 2 aromatic rings. The van der Waals surface area contributed by atoms with Gasteiger partial charge in [-0.2, -0.15) is 0 Å². The largest absolute Gasteiger partial charge is 0.506 e. The number of hydrogen-bond donors (Lipinski definition) is 2. The molecular weight excluding hydrogens is 234 g/mol. The quantitative estimate of drug-likeness (QED) is 0.645. The molecule has 17 heavy (non-hydrogen) atoms. The Morgan fingerprint density at radius 1 is 1.24 bits per heavy atom. The van der Waals surface area contributed by atoms with Crippen molar-refractivity contribution >= 4 is 29.0 Å². The van der Waals surface area contributed by atoms with E-state index in [2.05, 4.69) is 5.32 Å². The number of nitrogens with one attached hydrogen (secondary N) is 1. The number of benzene rings is 1. The molecule has 0 aliphatic heterocycles. The monoisotopic (exact) mass is 245 g/mol. The topological polar surface area (TPSA) is 49.3 Å². The van der Waals surface area contributed by atoms with Crippen LogP contribution in [0.5, 0.6) is 5.75 Å². The number of aromatic hydroxyl groups is 1. The lowest BCUT2D eigenvalue weighted by molar-refractivity contribution is -0.111. The maximum absolute atomic E-state index is 11.6. The van der Waals surface area contributed by atoms with E-state index < -0.39 is 0 Å². The maximum Gasteiger partial charge on any atom is 0.248 e. The average Bonchev–Trinajstić information content (AvgIpc) is 2.82. The number of carbonyl (C=O) groups excluding carboxylic acids is 1. The Balaban J connectivity index is 2.01. The zero-order valence-corrected chi connectivity index (χ0v) is 9.78. The van der Waals surface area contributed by atoms with Crippen LogP contribution in [0.4, 0.5) is 5.69 Å². The Bertz CT molecular complexity index is 532. The first kappa shape index (κ1) is 11.4. The molecule has 0 atom stereocenters. The van der Waals surface area contributed by atoms with Crippen LogP contribution in [0.1, 0.15) is 4.88 Å². The third kappa shape index (κ3) is 3.19. The minimum Gasteiger partial charge on any atom is -0.506 e. The fraction of sp³-hybridized carbons (Fsp3) is 0. The van der Waals surface area contributed by atoms with Crippen molar-refractivity contribution in [2.45, 2.75) is 0 Å². The van der Waals surface area contributed by atoms with Crippen molar-refractivity contribution in [1.82, 2.24) is 0 Å². The van der Waals surface area contributed by atoms with E-state index in [4.69, 9.17) is 0 Å². The van der Waals surface area contributed by atoms with E-state index in [0.717, 1.165) is 4.88 Å². The van der Waals surface area contributed by atoms with Gasteiger partial charge in [0, 0.05) is 11.0 Å². The number of hydrogen-bond acceptors (Lipinski definition) is 3. The van der Waals surface area contributed by atoms with Crippen LogP contribution in [0.2, 0.25) is 0 Å². The molecule has 3 nitrogen and oxygen atoms in total. The lowest BCUT2D eigenvalue weighted by atomic mass is 10.3. The number of amides is 1. The highest BCUT2D eigenvalue weighted by Crippen LogP contribution is 2.21. The Morgan fingerprint density at radius 3 is 2.76 bits per heavy atom. The van der Waals surface area contributed by atoms with Gasteiger partial charge in [0.05, 0.1) is 5.69 Å². The summed E-state index contributed by atoms with van der Waals surface area (Å²) in [6.45, 7) is 0. The lowest BCUT2D eigenvalue weighted by Crippen LogP contribution is -2.07. The summed E-state index contributed by atoms with van der Waals surface area (Å²) in [6.07, 6.45) is 3.18. The molecule has 1 amide bonds. The zero-order chi connectivity index (χ0) is 12.1. The maximum atomic E-state index is 11.6. The molecule has 1 aromatic carbocycles. The van der Waals surface area contributed by atoms with Gasteiger partial charge in [-0.15, -0.1) is 11.3 Å². The molecule has 1 heterocycles. The molecular formula is C13H11NO2S. The van der Waals surface area contributed by atoms with Crippen LogP contribution in [0.3, 0.4) is 0 Å². The van der Waals surface area contributed by atoms with Gasteiger partial charge in [-0.1, -0.05) is 18.2 Å². The van der Waals surface area contributed by atoms with Crippen molar-refractivity contribution in [3.63, 3.8) is 0 Å². The van der Waals surface area contributed by atoms with E-state index in [-0.39, 0.29) is 11.7 Å². The molecule has 1 aromatic heterocycles. The molecule has 0 radical (unpaired) electrons. The molecule has 0 saturated heterocycles. The molecule has 4 heteroatoms. The van der Waals surface area contributed by atoms with E-state index in [0.29, 0.717) is 5.69 Å². The third-order valence-corrected chi connectivity index (χ3v) is 2.94. The number of para-hydroxylation sites is 2. The second-order valence-corrected chi connectivity index (χ2v) is 4.33. The first-order chi connectivity index (χ1) is 8.25. The van der Waals surface area contributed by atoms with E-state index in [1.54, 1.807) is 35.6 Å². The van der Waals surface area contributed by atoms with E-state index >= 15 is 0 Å². The first-order valence-corrected chi connectivity index (χ1v) is 5.94. The van der Waals surface area contributed by atoms with Crippen molar-refractivity contribution in [3.05, 3.63) is 52.7 Å². The molecule has 0 fully saturated rings. The summed E-state index contributed by atoms with van der Waals surface area (Å²) in [7, 11) is 0. The lowest BCUT2D eigenvalue weighted by Gasteiger charge is -2.03. The van der Waals surface area contributed by atoms with Crippen LogP contribution < -0.4 is 5.32 Å². The minimum atomic E-state index is -0.264. The van der Waals surface area contributed by atoms with E-state index in [9.17, 15) is 9.90 Å². The molecule has 0 unspecified atom stereocenters. The van der Waals surface area contributed by atoms with Crippen LogP contribution in [-0.2, 0) is 4.79 Å². The Hall–Kier alpha value is -2.07. The van der Waals surface area contributed by atoms with E-state index in [1.165, 1.54) is 12.1 Å². The van der Waals surface area contributed by atoms with Gasteiger partial charge in [0.1, 0.15) is 5.75 Å². The summed E-state index contributed by atoms with van der Waals surface area (Å²) in [5.41, 5.74) is 0.410. The van der Waals surface area contributed by atoms with Crippen molar-refractivity contribution in [1.29, 1.82) is 0 Å². The van der Waals surface area contributed by atoms with Gasteiger partial charge in [-0.25, -0.2) is 0 Å². The summed E-state index contributed by atoms with van der Waals surface area (Å²) in [4.78, 5) is 12.6. The van der Waals surface area contributed by atoms with Crippen LogP contribution in [0.25, 0.3) is 6.08 Å². The van der Waals surface area contributed by atoms with Gasteiger partial charge < -0.3 is 10.4 Å². The molecule has 2 N–H and O–H groups in total. The van der Waals surface area contributed by atoms with Crippen LogP contribution >= 0.6 is 11.3 Å². The summed E-state index contributed by atoms with van der Waals surface area (Å²) in [5.74, 6) is -0.203. The molecule has 0 aliphatic carbocycles. The van der Waals surface area contributed by atoms with Crippen molar-refractivity contribution in [2.24, 2.45) is 0 Å². The number of phenols is 1. The SMILES string of the molecule is O=C(C=Cc1cccs1)Nc1ccccc1O. The Labute approximate surface area is 103 Å². The number of anilines is 1. The predicted octanol–water partition coefficient (Wildman–Crippen LogP) is 3.11. The molecule has 2 rings (SSSR count). The predicted molar refractivity (Wildman–Crippen MR) is 70.1 cm³/mol. The molecule has 86 valence electrons. The zero-order valence-electron chi connectivity index (χ0n) is 8.96. The van der Waals surface area contributed by atoms with Crippen LogP contribution in [-0.4, -0.2) is 11.0 Å². The minimum absolute atomic E-state index is 0.0605. The number of thiophene rings is 1. The molecule has 0 bridgehead atoms. The molecule has 0 saturated carbocycles. The van der Waals surface area contributed by atoms with Gasteiger partial charge in [-0.05, 0) is 29.7 Å². The fourth-order valence-corrected chi connectivity index (χ4v) is 1.92. The smallest absolute Gasteiger partial charge is 0.248 e. The third-order valence-electron chi connectivity index (χ3n) is 2.10. The Kier molecular flexibility index (Phi) is 3.57. The number of rotatable bonds is 3. The average molecular weight is 245 g/mol.